The van der Waals surface area contributed by atoms with Gasteiger partial charge in [-0.3, -0.25) is 10.8 Å². The van der Waals surface area contributed by atoms with Crippen LogP contribution in [0.3, 0.4) is 0 Å². The van der Waals surface area contributed by atoms with E-state index in [4.69, 9.17) is 10.8 Å². The molecular formula is C43H28F6N6S2. The van der Waals surface area contributed by atoms with Crippen molar-refractivity contribution in [1.82, 2.24) is 20.2 Å². The molecule has 0 aliphatic heterocycles. The predicted molar refractivity (Wildman–Crippen MR) is 213 cm³/mol. The largest absolute Gasteiger partial charge is 0.416 e. The molecule has 0 fully saturated rings. The molecule has 0 saturated carbocycles. The Morgan fingerprint density at radius 1 is 0.561 bits per heavy atom. The highest BCUT2D eigenvalue weighted by atomic mass is 32.2. The lowest BCUT2D eigenvalue weighted by Crippen LogP contribution is -2.16. The van der Waals surface area contributed by atoms with Crippen molar-refractivity contribution in [3.05, 3.63) is 155 Å². The molecule has 284 valence electrons. The Balaban J connectivity index is 0.990. The highest BCUT2D eigenvalue weighted by molar-refractivity contribution is 8.27. The van der Waals surface area contributed by atoms with Gasteiger partial charge < -0.3 is 0 Å². The quantitative estimate of drug-likeness (QED) is 0.0990. The fraction of sp³-hybridized carbons (Fsp3) is 0.116. The van der Waals surface area contributed by atoms with E-state index < -0.39 is 28.9 Å². The molecule has 0 amide bonds. The van der Waals surface area contributed by atoms with Gasteiger partial charge in [0.05, 0.1) is 28.2 Å². The molecule has 0 spiro atoms. The van der Waals surface area contributed by atoms with E-state index >= 15 is 0 Å². The summed E-state index contributed by atoms with van der Waals surface area (Å²) in [6, 6.07) is 31.8. The Morgan fingerprint density at radius 2 is 1.07 bits per heavy atom. The van der Waals surface area contributed by atoms with Gasteiger partial charge in [-0.15, -0.1) is 10.2 Å². The van der Waals surface area contributed by atoms with Crippen LogP contribution in [0.5, 0.6) is 0 Å². The fourth-order valence-corrected chi connectivity index (χ4v) is 8.24. The van der Waals surface area contributed by atoms with Crippen LogP contribution in [-0.2, 0) is 17.8 Å². The van der Waals surface area contributed by atoms with E-state index in [0.29, 0.717) is 49.5 Å². The molecule has 0 radical (unpaired) electrons. The van der Waals surface area contributed by atoms with Crippen molar-refractivity contribution in [1.29, 1.82) is 10.8 Å². The number of alkyl halides is 6. The third-order valence-corrected chi connectivity index (χ3v) is 11.6. The Morgan fingerprint density at radius 3 is 1.68 bits per heavy atom. The summed E-state index contributed by atoms with van der Waals surface area (Å²) in [6.07, 6.45) is -8.87. The van der Waals surface area contributed by atoms with Crippen LogP contribution in [0.25, 0.3) is 54.9 Å². The van der Waals surface area contributed by atoms with Gasteiger partial charge in [0.15, 0.2) is 5.01 Å². The summed E-state index contributed by atoms with van der Waals surface area (Å²) in [4.78, 5) is 9.16. The van der Waals surface area contributed by atoms with Crippen LogP contribution in [0.4, 0.5) is 26.3 Å². The fourth-order valence-electron chi connectivity index (χ4n) is 6.76. The van der Waals surface area contributed by atoms with Crippen LogP contribution in [0, 0.1) is 10.8 Å². The second kappa shape index (κ2) is 14.2. The standard InChI is InChI=1S/C43H28F6N6S2/c1-41(2)31-21-25(37(50)56-38(51)35-7-3-5-33(52-35)23-9-15-27(16-10-23)42(44,45)46)13-19-29(31)30-20-14-26(22-32(30)41)39-54-55-40(57-39)36-8-4-6-34(53-36)24-11-17-28(18-12-24)43(47,48)49/h3-22,50-51H,1-2H3. The molecule has 3 aromatic heterocycles. The first-order chi connectivity index (χ1) is 27.1. The van der Waals surface area contributed by atoms with Crippen LogP contribution in [0.2, 0.25) is 0 Å². The van der Waals surface area contributed by atoms with Gasteiger partial charge in [-0.25, -0.2) is 9.97 Å². The van der Waals surface area contributed by atoms with Crippen molar-refractivity contribution < 1.29 is 26.3 Å². The van der Waals surface area contributed by atoms with E-state index in [0.717, 1.165) is 63.8 Å². The number of fused-ring (bicyclic) bond motifs is 3. The molecule has 0 saturated heterocycles. The lowest BCUT2D eigenvalue weighted by molar-refractivity contribution is -0.138. The normalized spacial score (nSPS) is 13.3. The van der Waals surface area contributed by atoms with Gasteiger partial charge in [0.25, 0.3) is 0 Å². The van der Waals surface area contributed by atoms with Crippen LogP contribution < -0.4 is 0 Å². The number of nitrogens with zero attached hydrogens (tertiary/aromatic N) is 4. The maximum Gasteiger partial charge on any atom is 0.416 e. The Kier molecular flexibility index (Phi) is 9.44. The minimum atomic E-state index is -4.45. The molecule has 4 aromatic carbocycles. The summed E-state index contributed by atoms with van der Waals surface area (Å²) in [5.41, 5.74) is 6.55. The molecule has 57 heavy (non-hydrogen) atoms. The van der Waals surface area contributed by atoms with E-state index in [1.54, 1.807) is 36.4 Å². The van der Waals surface area contributed by atoms with Crippen LogP contribution in [0.1, 0.15) is 47.4 Å². The highest BCUT2D eigenvalue weighted by Crippen LogP contribution is 2.50. The number of halogens is 6. The number of benzene rings is 4. The molecule has 0 unspecified atom stereocenters. The van der Waals surface area contributed by atoms with Gasteiger partial charge in [-0.1, -0.05) is 85.8 Å². The predicted octanol–water partition coefficient (Wildman–Crippen LogP) is 12.4. The second-order valence-corrected chi connectivity index (χ2v) is 15.8. The zero-order chi connectivity index (χ0) is 40.3. The Labute approximate surface area is 330 Å². The van der Waals surface area contributed by atoms with Crippen LogP contribution >= 0.6 is 23.1 Å². The van der Waals surface area contributed by atoms with Crippen molar-refractivity contribution in [2.75, 3.05) is 0 Å². The molecule has 2 N–H and O–H groups in total. The molecule has 3 heterocycles. The van der Waals surface area contributed by atoms with E-state index in [-0.39, 0.29) is 10.1 Å². The van der Waals surface area contributed by atoms with E-state index in [1.165, 1.54) is 35.6 Å². The molecule has 6 nitrogen and oxygen atoms in total. The van der Waals surface area contributed by atoms with E-state index in [2.05, 4.69) is 40.1 Å². The zero-order valence-electron chi connectivity index (χ0n) is 29.9. The van der Waals surface area contributed by atoms with Crippen LogP contribution in [-0.4, -0.2) is 30.3 Å². The monoisotopic (exact) mass is 806 g/mol. The summed E-state index contributed by atoms with van der Waals surface area (Å²) in [5.74, 6) is 0. The first-order valence-electron chi connectivity index (χ1n) is 17.3. The average Bonchev–Trinajstić information content (AvgIpc) is 3.78. The summed E-state index contributed by atoms with van der Waals surface area (Å²) >= 11 is 2.30. The summed E-state index contributed by atoms with van der Waals surface area (Å²) in [7, 11) is 0. The number of rotatable bonds is 6. The minimum absolute atomic E-state index is 0.0272. The molecule has 8 rings (SSSR count). The van der Waals surface area contributed by atoms with Crippen molar-refractivity contribution in [3.63, 3.8) is 0 Å². The maximum atomic E-state index is 13.1. The van der Waals surface area contributed by atoms with Gasteiger partial charge in [0.1, 0.15) is 20.8 Å². The Hall–Kier alpha value is -5.99. The number of nitrogens with one attached hydrogen (secondary N) is 2. The van der Waals surface area contributed by atoms with Gasteiger partial charge in [0.2, 0.25) is 0 Å². The number of hydrogen-bond acceptors (Lipinski definition) is 8. The van der Waals surface area contributed by atoms with Crippen molar-refractivity contribution in [2.24, 2.45) is 0 Å². The third-order valence-electron chi connectivity index (χ3n) is 9.78. The second-order valence-electron chi connectivity index (χ2n) is 13.8. The lowest BCUT2D eigenvalue weighted by atomic mass is 9.81. The van der Waals surface area contributed by atoms with Gasteiger partial charge >= 0.3 is 12.4 Å². The molecule has 7 aromatic rings. The van der Waals surface area contributed by atoms with Gasteiger partial charge in [0, 0.05) is 27.7 Å². The molecule has 14 heteroatoms. The van der Waals surface area contributed by atoms with Crippen molar-refractivity contribution >= 4 is 33.2 Å². The molecule has 0 bridgehead atoms. The van der Waals surface area contributed by atoms with Crippen LogP contribution in [0.15, 0.2) is 121 Å². The third kappa shape index (κ3) is 7.38. The highest BCUT2D eigenvalue weighted by Gasteiger charge is 2.36. The summed E-state index contributed by atoms with van der Waals surface area (Å²) in [6.45, 7) is 4.23. The number of aromatic nitrogens is 4. The van der Waals surface area contributed by atoms with Crippen molar-refractivity contribution in [3.8, 4) is 54.9 Å². The van der Waals surface area contributed by atoms with Gasteiger partial charge in [-0.2, -0.15) is 26.3 Å². The van der Waals surface area contributed by atoms with E-state index in [1.807, 2.05) is 30.3 Å². The molecule has 0 atom stereocenters. The average molecular weight is 807 g/mol. The summed E-state index contributed by atoms with van der Waals surface area (Å²) < 4.78 is 78.4. The first kappa shape index (κ1) is 37.9. The summed E-state index contributed by atoms with van der Waals surface area (Å²) in [5, 5.41) is 27.9. The lowest BCUT2D eigenvalue weighted by Gasteiger charge is -2.22. The minimum Gasteiger partial charge on any atom is -0.293 e. The topological polar surface area (TPSA) is 99.3 Å². The first-order valence-corrected chi connectivity index (χ1v) is 19.0. The maximum absolute atomic E-state index is 13.1. The van der Waals surface area contributed by atoms with E-state index in [9.17, 15) is 26.3 Å². The molecule has 1 aliphatic rings. The Bertz CT molecular complexity index is 2700. The smallest absolute Gasteiger partial charge is 0.293 e. The number of hydrogen-bond donors (Lipinski definition) is 2. The van der Waals surface area contributed by atoms with Crippen molar-refractivity contribution in [2.45, 2.75) is 31.6 Å². The van der Waals surface area contributed by atoms with Gasteiger partial charge in [-0.05, 0) is 94.7 Å². The number of pyridine rings is 2. The SMILES string of the molecule is CC1(C)c2cc(C(=N)SC(=N)c3cccc(-c4ccc(C(F)(F)F)cc4)n3)ccc2-c2ccc(-c3nnc(-c4cccc(-c5ccc(C(F)(F)F)cc5)n4)s3)cc21. The molecule has 1 aliphatic carbocycles. The zero-order valence-corrected chi connectivity index (χ0v) is 31.6. The number of thioether (sulfide) groups is 1. The molecular weight excluding hydrogens is 779 g/mol.